The number of aromatic nitrogens is 1. The topological polar surface area (TPSA) is 68.7 Å². The maximum absolute atomic E-state index is 10.7. The molecule has 1 aliphatic heterocycles. The molecule has 5 nitrogen and oxygen atoms in total. The van der Waals surface area contributed by atoms with Gasteiger partial charge in [0.2, 0.25) is 0 Å². The van der Waals surface area contributed by atoms with Gasteiger partial charge in [-0.15, -0.1) is 0 Å². The number of aryl methyl sites for hydroxylation is 1. The number of rotatable bonds is 4. The van der Waals surface area contributed by atoms with Crippen LogP contribution in [-0.2, 0) is 16.1 Å². The fourth-order valence-electron chi connectivity index (χ4n) is 2.52. The van der Waals surface area contributed by atoms with E-state index in [-0.39, 0.29) is 6.10 Å². The molecule has 0 fully saturated rings. The predicted octanol–water partition coefficient (Wildman–Crippen LogP) is 3.13. The molecule has 2 aromatic rings. The number of fused-ring (bicyclic) bond motifs is 1. The van der Waals surface area contributed by atoms with E-state index in [1.807, 2.05) is 24.3 Å². The van der Waals surface area contributed by atoms with Crippen molar-refractivity contribution in [3.8, 4) is 5.75 Å². The van der Waals surface area contributed by atoms with E-state index in [2.05, 4.69) is 4.98 Å². The average molecular weight is 320 g/mol. The van der Waals surface area contributed by atoms with Gasteiger partial charge in [0.05, 0.1) is 12.3 Å². The molecule has 0 bridgehead atoms. The van der Waals surface area contributed by atoms with E-state index < -0.39 is 12.6 Å². The van der Waals surface area contributed by atoms with Crippen LogP contribution in [0.1, 0.15) is 28.5 Å². The maximum atomic E-state index is 10.7. The molecule has 6 heteroatoms. The van der Waals surface area contributed by atoms with Gasteiger partial charge in [-0.1, -0.05) is 23.7 Å². The SMILES string of the molecule is Cc1ncc2c(c1OCC(=O)O)COC2c1ccc(Cl)cc1. The lowest BCUT2D eigenvalue weighted by Gasteiger charge is -2.13. The normalized spacial score (nSPS) is 16.4. The molecule has 3 rings (SSSR count). The smallest absolute Gasteiger partial charge is 0.341 e. The maximum Gasteiger partial charge on any atom is 0.341 e. The van der Waals surface area contributed by atoms with Gasteiger partial charge in [-0.05, 0) is 24.6 Å². The molecule has 0 saturated heterocycles. The van der Waals surface area contributed by atoms with Crippen molar-refractivity contribution in [1.82, 2.24) is 4.98 Å². The fourth-order valence-corrected chi connectivity index (χ4v) is 2.65. The molecule has 0 spiro atoms. The van der Waals surface area contributed by atoms with E-state index in [1.54, 1.807) is 13.1 Å². The Morgan fingerprint density at radius 1 is 1.45 bits per heavy atom. The van der Waals surface area contributed by atoms with Crippen LogP contribution in [0.3, 0.4) is 0 Å². The molecular formula is C16H14ClNO4. The van der Waals surface area contributed by atoms with Gasteiger partial charge in [0.25, 0.3) is 0 Å². The summed E-state index contributed by atoms with van der Waals surface area (Å²) in [5, 5.41) is 9.44. The number of ether oxygens (including phenoxy) is 2. The molecule has 1 aromatic carbocycles. The Bertz CT molecular complexity index is 715. The second kappa shape index (κ2) is 5.94. The number of hydrogen-bond acceptors (Lipinski definition) is 4. The Hall–Kier alpha value is -2.11. The Kier molecular flexibility index (Phi) is 4.00. The summed E-state index contributed by atoms with van der Waals surface area (Å²) in [6, 6.07) is 7.42. The van der Waals surface area contributed by atoms with E-state index in [4.69, 9.17) is 26.2 Å². The zero-order chi connectivity index (χ0) is 15.7. The summed E-state index contributed by atoms with van der Waals surface area (Å²) in [7, 11) is 0. The quantitative estimate of drug-likeness (QED) is 0.937. The molecule has 1 atom stereocenters. The summed E-state index contributed by atoms with van der Waals surface area (Å²) in [6.07, 6.45) is 1.51. The van der Waals surface area contributed by atoms with Crippen LogP contribution < -0.4 is 4.74 Å². The van der Waals surface area contributed by atoms with Crippen molar-refractivity contribution in [1.29, 1.82) is 0 Å². The Balaban J connectivity index is 1.96. The largest absolute Gasteiger partial charge is 0.480 e. The summed E-state index contributed by atoms with van der Waals surface area (Å²) in [6.45, 7) is 1.75. The van der Waals surface area contributed by atoms with Gasteiger partial charge in [-0.2, -0.15) is 0 Å². The molecule has 1 unspecified atom stereocenters. The first-order chi connectivity index (χ1) is 10.6. The van der Waals surface area contributed by atoms with Gasteiger partial charge in [0, 0.05) is 22.3 Å². The fraction of sp³-hybridized carbons (Fsp3) is 0.250. The van der Waals surface area contributed by atoms with Crippen molar-refractivity contribution in [2.45, 2.75) is 19.6 Å². The van der Waals surface area contributed by atoms with Crippen LogP contribution >= 0.6 is 11.6 Å². The van der Waals surface area contributed by atoms with Crippen molar-refractivity contribution in [2.24, 2.45) is 0 Å². The third-order valence-electron chi connectivity index (χ3n) is 3.54. The molecule has 1 aliphatic rings. The molecule has 0 aliphatic carbocycles. The minimum absolute atomic E-state index is 0.243. The van der Waals surface area contributed by atoms with Crippen LogP contribution in [0.2, 0.25) is 5.02 Å². The van der Waals surface area contributed by atoms with Crippen LogP contribution in [0, 0.1) is 6.92 Å². The third kappa shape index (κ3) is 2.77. The second-order valence-electron chi connectivity index (χ2n) is 5.03. The molecule has 114 valence electrons. The molecular weight excluding hydrogens is 306 g/mol. The average Bonchev–Trinajstić information content (AvgIpc) is 2.91. The minimum Gasteiger partial charge on any atom is -0.480 e. The van der Waals surface area contributed by atoms with Crippen molar-refractivity contribution >= 4 is 17.6 Å². The highest BCUT2D eigenvalue weighted by molar-refractivity contribution is 6.30. The number of aliphatic carboxylic acids is 1. The van der Waals surface area contributed by atoms with Gasteiger partial charge in [-0.25, -0.2) is 4.79 Å². The lowest BCUT2D eigenvalue weighted by Crippen LogP contribution is -2.12. The van der Waals surface area contributed by atoms with Gasteiger partial charge >= 0.3 is 5.97 Å². The Labute approximate surface area is 132 Å². The lowest BCUT2D eigenvalue weighted by atomic mass is 10.0. The molecule has 0 radical (unpaired) electrons. The first-order valence-corrected chi connectivity index (χ1v) is 7.14. The van der Waals surface area contributed by atoms with Crippen LogP contribution in [0.15, 0.2) is 30.5 Å². The Morgan fingerprint density at radius 3 is 2.86 bits per heavy atom. The number of nitrogens with zero attached hydrogens (tertiary/aromatic N) is 1. The van der Waals surface area contributed by atoms with Crippen LogP contribution in [-0.4, -0.2) is 22.7 Å². The molecule has 0 amide bonds. The predicted molar refractivity (Wildman–Crippen MR) is 80.2 cm³/mol. The number of hydrogen-bond donors (Lipinski definition) is 1. The molecule has 0 saturated carbocycles. The van der Waals surface area contributed by atoms with Crippen molar-refractivity contribution in [2.75, 3.05) is 6.61 Å². The van der Waals surface area contributed by atoms with Gasteiger partial charge in [0.1, 0.15) is 11.9 Å². The van der Waals surface area contributed by atoms with E-state index in [0.717, 1.165) is 16.7 Å². The molecule has 1 N–H and O–H groups in total. The zero-order valence-corrected chi connectivity index (χ0v) is 12.6. The van der Waals surface area contributed by atoms with Crippen LogP contribution in [0.5, 0.6) is 5.75 Å². The summed E-state index contributed by atoms with van der Waals surface area (Å²) >= 11 is 5.91. The summed E-state index contributed by atoms with van der Waals surface area (Å²) in [5.74, 6) is -0.526. The highest BCUT2D eigenvalue weighted by Gasteiger charge is 2.29. The number of pyridine rings is 1. The van der Waals surface area contributed by atoms with E-state index in [0.29, 0.717) is 23.1 Å². The standard InChI is InChI=1S/C16H14ClNO4/c1-9-15(22-8-14(19)20)13-7-21-16(12(13)6-18-9)10-2-4-11(17)5-3-10/h2-6,16H,7-8H2,1H3,(H,19,20). The first-order valence-electron chi connectivity index (χ1n) is 6.76. The highest BCUT2D eigenvalue weighted by Crippen LogP contribution is 2.40. The first kappa shape index (κ1) is 14.8. The highest BCUT2D eigenvalue weighted by atomic mass is 35.5. The number of carboxylic acids is 1. The summed E-state index contributed by atoms with van der Waals surface area (Å²) < 4.78 is 11.2. The minimum atomic E-state index is -1.02. The van der Waals surface area contributed by atoms with Crippen LogP contribution in [0.4, 0.5) is 0 Å². The Morgan fingerprint density at radius 2 is 2.18 bits per heavy atom. The van der Waals surface area contributed by atoms with Crippen molar-refractivity contribution < 1.29 is 19.4 Å². The van der Waals surface area contributed by atoms with Crippen LogP contribution in [0.25, 0.3) is 0 Å². The zero-order valence-electron chi connectivity index (χ0n) is 11.9. The second-order valence-corrected chi connectivity index (χ2v) is 5.47. The van der Waals surface area contributed by atoms with Gasteiger partial charge < -0.3 is 14.6 Å². The molecule has 2 heterocycles. The van der Waals surface area contributed by atoms with E-state index >= 15 is 0 Å². The lowest BCUT2D eigenvalue weighted by molar-refractivity contribution is -0.139. The summed E-state index contributed by atoms with van der Waals surface area (Å²) in [5.41, 5.74) is 3.38. The van der Waals surface area contributed by atoms with Gasteiger partial charge in [0.15, 0.2) is 6.61 Å². The number of carbonyl (C=O) groups is 1. The van der Waals surface area contributed by atoms with Gasteiger partial charge in [-0.3, -0.25) is 4.98 Å². The van der Waals surface area contributed by atoms with E-state index in [1.165, 1.54) is 0 Å². The molecule has 1 aromatic heterocycles. The summed E-state index contributed by atoms with van der Waals surface area (Å²) in [4.78, 5) is 15.0. The number of carboxylic acid groups (broad SMARTS) is 1. The van der Waals surface area contributed by atoms with Crippen molar-refractivity contribution in [3.05, 3.63) is 57.9 Å². The third-order valence-corrected chi connectivity index (χ3v) is 3.79. The molecule has 22 heavy (non-hydrogen) atoms. The number of benzene rings is 1. The number of halogens is 1. The van der Waals surface area contributed by atoms with Crippen molar-refractivity contribution in [3.63, 3.8) is 0 Å². The van der Waals surface area contributed by atoms with E-state index in [9.17, 15) is 4.79 Å². The monoisotopic (exact) mass is 319 g/mol.